The number of aryl methyl sites for hydroxylation is 2. The zero-order chi connectivity index (χ0) is 16.6. The molecule has 1 aromatic heterocycles. The van der Waals surface area contributed by atoms with Crippen LogP contribution >= 0.6 is 0 Å². The lowest BCUT2D eigenvalue weighted by Crippen LogP contribution is -2.41. The van der Waals surface area contributed by atoms with Crippen molar-refractivity contribution in [2.75, 3.05) is 0 Å². The van der Waals surface area contributed by atoms with E-state index in [1.54, 1.807) is 36.0 Å². The van der Waals surface area contributed by atoms with Crippen molar-refractivity contribution in [3.8, 4) is 5.75 Å². The summed E-state index contributed by atoms with van der Waals surface area (Å²) in [5.41, 5.74) is 1.83. The van der Waals surface area contributed by atoms with Crippen molar-refractivity contribution in [3.63, 3.8) is 0 Å². The number of carbonyl (C=O) groups is 1. The molecule has 0 bridgehead atoms. The minimum Gasteiger partial charge on any atom is -0.507 e. The topological polar surface area (TPSA) is 87.4 Å². The van der Waals surface area contributed by atoms with E-state index < -0.39 is 0 Å². The van der Waals surface area contributed by atoms with Gasteiger partial charge in [-0.15, -0.1) is 0 Å². The van der Waals surface area contributed by atoms with Crippen molar-refractivity contribution in [1.29, 1.82) is 0 Å². The molecule has 122 valence electrons. The highest BCUT2D eigenvalue weighted by molar-refractivity contribution is 5.97. The number of rotatable bonds is 4. The summed E-state index contributed by atoms with van der Waals surface area (Å²) in [5, 5.41) is 26.8. The third-order valence-corrected chi connectivity index (χ3v) is 4.47. The maximum Gasteiger partial charge on any atom is 0.255 e. The van der Waals surface area contributed by atoms with Gasteiger partial charge < -0.3 is 15.5 Å². The van der Waals surface area contributed by atoms with Gasteiger partial charge in [0.25, 0.3) is 5.91 Å². The predicted octanol–water partition coefficient (Wildman–Crippen LogP) is 1.68. The van der Waals surface area contributed by atoms with Crippen LogP contribution in [0.15, 0.2) is 30.6 Å². The number of aliphatic hydroxyl groups is 1. The van der Waals surface area contributed by atoms with Crippen molar-refractivity contribution in [1.82, 2.24) is 15.1 Å². The molecular weight excluding hydrogens is 294 g/mol. The first-order chi connectivity index (χ1) is 11.0. The van der Waals surface area contributed by atoms with E-state index in [-0.39, 0.29) is 35.3 Å². The zero-order valence-electron chi connectivity index (χ0n) is 13.2. The Labute approximate surface area is 134 Å². The number of para-hydroxylation sites is 1. The zero-order valence-corrected chi connectivity index (χ0v) is 13.2. The van der Waals surface area contributed by atoms with E-state index in [1.165, 1.54) is 0 Å². The van der Waals surface area contributed by atoms with Gasteiger partial charge in [-0.1, -0.05) is 12.1 Å². The van der Waals surface area contributed by atoms with Crippen molar-refractivity contribution in [3.05, 3.63) is 47.3 Å². The molecular formula is C17H21N3O3. The SMILES string of the molecule is Cc1cccc(C(=O)N[C@H](c2cnn(C)c2)C2CC(O)C2)c1O. The standard InChI is InChI=1S/C17H21N3O3/c1-10-4-3-5-14(16(10)22)17(23)19-15(11-6-13(21)7-11)12-8-18-20(2)9-12/h3-5,8-9,11,13,15,21-22H,6-7H2,1-2H3,(H,19,23)/t11?,13?,15-/m0/s1. The van der Waals surface area contributed by atoms with Gasteiger partial charge in [0.1, 0.15) is 5.75 Å². The number of benzene rings is 1. The Bertz CT molecular complexity index is 720. The molecule has 1 amide bonds. The average Bonchev–Trinajstić information content (AvgIpc) is 2.91. The lowest BCUT2D eigenvalue weighted by Gasteiger charge is -2.37. The van der Waals surface area contributed by atoms with E-state index in [1.807, 2.05) is 13.2 Å². The fourth-order valence-electron chi connectivity index (χ4n) is 3.04. The van der Waals surface area contributed by atoms with Crippen LogP contribution in [-0.4, -0.2) is 32.0 Å². The van der Waals surface area contributed by atoms with Crippen LogP contribution in [0.2, 0.25) is 0 Å². The van der Waals surface area contributed by atoms with Crippen LogP contribution in [0.25, 0.3) is 0 Å². The molecule has 1 atom stereocenters. The number of aromatic hydroxyl groups is 1. The first-order valence-electron chi connectivity index (χ1n) is 7.71. The Morgan fingerprint density at radius 2 is 2.17 bits per heavy atom. The molecule has 0 saturated heterocycles. The van der Waals surface area contributed by atoms with Gasteiger partial charge in [0, 0.05) is 18.8 Å². The molecule has 1 fully saturated rings. The van der Waals surface area contributed by atoms with Crippen molar-refractivity contribution >= 4 is 5.91 Å². The smallest absolute Gasteiger partial charge is 0.255 e. The van der Waals surface area contributed by atoms with Gasteiger partial charge in [0.05, 0.1) is 23.9 Å². The Morgan fingerprint density at radius 1 is 1.43 bits per heavy atom. The molecule has 1 aliphatic carbocycles. The average molecular weight is 315 g/mol. The number of carbonyl (C=O) groups excluding carboxylic acids is 1. The van der Waals surface area contributed by atoms with Crippen LogP contribution in [0.3, 0.4) is 0 Å². The fourth-order valence-corrected chi connectivity index (χ4v) is 3.04. The molecule has 0 aliphatic heterocycles. The molecule has 6 nitrogen and oxygen atoms in total. The van der Waals surface area contributed by atoms with E-state index in [0.717, 1.165) is 5.56 Å². The second-order valence-electron chi connectivity index (χ2n) is 6.25. The summed E-state index contributed by atoms with van der Waals surface area (Å²) in [6.45, 7) is 1.76. The second-order valence-corrected chi connectivity index (χ2v) is 6.25. The number of hydrogen-bond donors (Lipinski definition) is 3. The van der Waals surface area contributed by atoms with Gasteiger partial charge in [0.2, 0.25) is 0 Å². The van der Waals surface area contributed by atoms with E-state index in [2.05, 4.69) is 10.4 Å². The molecule has 3 N–H and O–H groups in total. The van der Waals surface area contributed by atoms with Crippen molar-refractivity contribution in [2.24, 2.45) is 13.0 Å². The van der Waals surface area contributed by atoms with Crippen LogP contribution in [0.5, 0.6) is 5.75 Å². The molecule has 0 spiro atoms. The predicted molar refractivity (Wildman–Crippen MR) is 85.0 cm³/mol. The molecule has 3 rings (SSSR count). The molecule has 23 heavy (non-hydrogen) atoms. The highest BCUT2D eigenvalue weighted by atomic mass is 16.3. The molecule has 6 heteroatoms. The molecule has 0 radical (unpaired) electrons. The molecule has 2 aromatic rings. The third-order valence-electron chi connectivity index (χ3n) is 4.47. The molecule has 0 unspecified atom stereocenters. The van der Waals surface area contributed by atoms with Crippen LogP contribution in [-0.2, 0) is 7.05 Å². The summed E-state index contributed by atoms with van der Waals surface area (Å²) < 4.78 is 1.69. The number of aromatic nitrogens is 2. The van der Waals surface area contributed by atoms with Crippen LogP contribution in [0, 0.1) is 12.8 Å². The van der Waals surface area contributed by atoms with Gasteiger partial charge in [-0.05, 0) is 37.3 Å². The second kappa shape index (κ2) is 6.04. The van der Waals surface area contributed by atoms with Gasteiger partial charge in [-0.25, -0.2) is 0 Å². The lowest BCUT2D eigenvalue weighted by atomic mass is 9.75. The molecule has 1 aliphatic rings. The fraction of sp³-hybridized carbons (Fsp3) is 0.412. The molecule has 1 heterocycles. The van der Waals surface area contributed by atoms with Gasteiger partial charge in [0.15, 0.2) is 0 Å². The largest absolute Gasteiger partial charge is 0.507 e. The maximum atomic E-state index is 12.6. The summed E-state index contributed by atoms with van der Waals surface area (Å²) >= 11 is 0. The van der Waals surface area contributed by atoms with Crippen LogP contribution in [0.4, 0.5) is 0 Å². The maximum absolute atomic E-state index is 12.6. The van der Waals surface area contributed by atoms with Crippen LogP contribution in [0.1, 0.15) is 40.4 Å². The highest BCUT2D eigenvalue weighted by Gasteiger charge is 2.36. The Kier molecular flexibility index (Phi) is 4.09. The number of amides is 1. The highest BCUT2D eigenvalue weighted by Crippen LogP contribution is 2.38. The lowest BCUT2D eigenvalue weighted by molar-refractivity contribution is 0.0235. The van der Waals surface area contributed by atoms with E-state index >= 15 is 0 Å². The quantitative estimate of drug-likeness (QED) is 0.801. The number of phenols is 1. The summed E-state index contributed by atoms with van der Waals surface area (Å²) in [4.78, 5) is 12.6. The Hall–Kier alpha value is -2.34. The first kappa shape index (κ1) is 15.6. The Balaban J connectivity index is 1.83. The summed E-state index contributed by atoms with van der Waals surface area (Å²) in [6, 6.07) is 4.89. The number of nitrogens with one attached hydrogen (secondary N) is 1. The van der Waals surface area contributed by atoms with Gasteiger partial charge in [-0.2, -0.15) is 5.10 Å². The Morgan fingerprint density at radius 3 is 2.78 bits per heavy atom. The van der Waals surface area contributed by atoms with Crippen molar-refractivity contribution < 1.29 is 15.0 Å². The normalized spacial score (nSPS) is 21.5. The number of phenolic OH excluding ortho intramolecular Hbond substituents is 1. The van der Waals surface area contributed by atoms with Gasteiger partial charge in [-0.3, -0.25) is 9.48 Å². The summed E-state index contributed by atoms with van der Waals surface area (Å²) in [6.07, 6.45) is 4.60. The van der Waals surface area contributed by atoms with Crippen LogP contribution < -0.4 is 5.32 Å². The summed E-state index contributed by atoms with van der Waals surface area (Å²) in [7, 11) is 1.82. The van der Waals surface area contributed by atoms with E-state index in [4.69, 9.17) is 0 Å². The summed E-state index contributed by atoms with van der Waals surface area (Å²) in [5.74, 6) is -0.143. The number of hydrogen-bond acceptors (Lipinski definition) is 4. The van der Waals surface area contributed by atoms with Gasteiger partial charge >= 0.3 is 0 Å². The molecule has 1 aromatic carbocycles. The van der Waals surface area contributed by atoms with Crippen molar-refractivity contribution in [2.45, 2.75) is 31.9 Å². The first-order valence-corrected chi connectivity index (χ1v) is 7.71. The minimum atomic E-state index is -0.318. The van der Waals surface area contributed by atoms with E-state index in [0.29, 0.717) is 18.4 Å². The van der Waals surface area contributed by atoms with E-state index in [9.17, 15) is 15.0 Å². The number of nitrogens with zero attached hydrogens (tertiary/aromatic N) is 2. The molecule has 1 saturated carbocycles. The number of aliphatic hydroxyl groups excluding tert-OH is 1. The monoisotopic (exact) mass is 315 g/mol. The third kappa shape index (κ3) is 3.07. The minimum absolute atomic E-state index is 0.00332.